The first kappa shape index (κ1) is 11.6. The number of aromatic nitrogens is 2. The Hall–Kier alpha value is -0.870. The Balaban J connectivity index is 1.69. The third kappa shape index (κ3) is 3.32. The Morgan fingerprint density at radius 1 is 1.38 bits per heavy atom. The molecule has 2 atom stereocenters. The number of nitrogens with zero attached hydrogens (tertiary/aromatic N) is 2. The highest BCUT2D eigenvalue weighted by molar-refractivity contribution is 4.80. The molecule has 2 heterocycles. The highest BCUT2D eigenvalue weighted by Gasteiger charge is 2.23. The summed E-state index contributed by atoms with van der Waals surface area (Å²) in [5.41, 5.74) is 0. The van der Waals surface area contributed by atoms with E-state index in [4.69, 9.17) is 4.74 Å². The van der Waals surface area contributed by atoms with Crippen LogP contribution in [0.4, 0.5) is 0 Å². The summed E-state index contributed by atoms with van der Waals surface area (Å²) in [5, 5.41) is 7.76. The van der Waals surface area contributed by atoms with Gasteiger partial charge in [0.2, 0.25) is 0 Å². The van der Waals surface area contributed by atoms with Gasteiger partial charge in [-0.3, -0.25) is 4.68 Å². The van der Waals surface area contributed by atoms with E-state index < -0.39 is 0 Å². The van der Waals surface area contributed by atoms with Crippen LogP contribution in [0.5, 0.6) is 0 Å². The molecule has 1 aromatic rings. The average Bonchev–Trinajstić information content (AvgIpc) is 2.69. The predicted molar refractivity (Wildman–Crippen MR) is 63.3 cm³/mol. The van der Waals surface area contributed by atoms with E-state index >= 15 is 0 Å². The predicted octanol–water partition coefficient (Wildman–Crippen LogP) is 1.43. The number of hydrogen-bond acceptors (Lipinski definition) is 3. The second kappa shape index (κ2) is 5.46. The Morgan fingerprint density at radius 2 is 2.12 bits per heavy atom. The summed E-state index contributed by atoms with van der Waals surface area (Å²) in [5.74, 6) is 0. The number of ether oxygens (including phenoxy) is 1. The summed E-state index contributed by atoms with van der Waals surface area (Å²) in [6, 6.07) is 2.55. The second-order valence-corrected chi connectivity index (χ2v) is 4.65. The Bertz CT molecular complexity index is 289. The molecule has 2 rings (SSSR count). The van der Waals surface area contributed by atoms with E-state index in [0.29, 0.717) is 18.2 Å². The molecule has 0 aromatic carbocycles. The molecule has 1 aliphatic heterocycles. The molecular weight excluding hydrogens is 202 g/mol. The van der Waals surface area contributed by atoms with Gasteiger partial charge in [-0.15, -0.1) is 0 Å². The van der Waals surface area contributed by atoms with Crippen molar-refractivity contribution in [2.75, 3.05) is 6.54 Å². The van der Waals surface area contributed by atoms with Crippen LogP contribution in [0.1, 0.15) is 26.7 Å². The van der Waals surface area contributed by atoms with Gasteiger partial charge in [-0.2, -0.15) is 5.10 Å². The molecule has 1 aliphatic rings. The molecular formula is C12H21N3O. The molecule has 0 spiro atoms. The van der Waals surface area contributed by atoms with Gasteiger partial charge in [0.25, 0.3) is 0 Å². The van der Waals surface area contributed by atoms with Gasteiger partial charge in [0.05, 0.1) is 18.8 Å². The monoisotopic (exact) mass is 223 g/mol. The number of rotatable bonds is 4. The van der Waals surface area contributed by atoms with Crippen LogP contribution in [0.25, 0.3) is 0 Å². The maximum atomic E-state index is 5.71. The van der Waals surface area contributed by atoms with Gasteiger partial charge in [-0.25, -0.2) is 0 Å². The zero-order valence-electron chi connectivity index (χ0n) is 10.1. The lowest BCUT2D eigenvalue weighted by atomic mass is 10.00. The molecule has 1 N–H and O–H groups in total. The van der Waals surface area contributed by atoms with E-state index in [1.54, 1.807) is 0 Å². The molecule has 0 bridgehead atoms. The molecule has 16 heavy (non-hydrogen) atoms. The lowest BCUT2D eigenvalue weighted by Crippen LogP contribution is -2.42. The van der Waals surface area contributed by atoms with Crippen molar-refractivity contribution in [3.63, 3.8) is 0 Å². The fourth-order valence-electron chi connectivity index (χ4n) is 2.39. The molecule has 1 saturated heterocycles. The van der Waals surface area contributed by atoms with Gasteiger partial charge < -0.3 is 10.1 Å². The van der Waals surface area contributed by atoms with Crippen LogP contribution in [0.3, 0.4) is 0 Å². The highest BCUT2D eigenvalue weighted by atomic mass is 16.5. The van der Waals surface area contributed by atoms with Crippen molar-refractivity contribution >= 4 is 0 Å². The summed E-state index contributed by atoms with van der Waals surface area (Å²) >= 11 is 0. The van der Waals surface area contributed by atoms with Gasteiger partial charge in [0.1, 0.15) is 0 Å². The van der Waals surface area contributed by atoms with Crippen molar-refractivity contribution < 1.29 is 4.74 Å². The van der Waals surface area contributed by atoms with Gasteiger partial charge >= 0.3 is 0 Å². The van der Waals surface area contributed by atoms with Crippen LogP contribution in [-0.4, -0.2) is 34.6 Å². The second-order valence-electron chi connectivity index (χ2n) is 4.65. The first-order valence-corrected chi connectivity index (χ1v) is 6.10. The standard InChI is InChI=1S/C12H21N3O/c1-10-8-12(9-11(2)16-10)13-5-7-15-6-3-4-14-15/h3-4,6,10-13H,5,7-9H2,1-2H3. The summed E-state index contributed by atoms with van der Waals surface area (Å²) < 4.78 is 7.67. The van der Waals surface area contributed by atoms with E-state index in [-0.39, 0.29) is 0 Å². The minimum atomic E-state index is 0.381. The fourth-order valence-corrected chi connectivity index (χ4v) is 2.39. The van der Waals surface area contributed by atoms with Gasteiger partial charge in [0, 0.05) is 25.0 Å². The van der Waals surface area contributed by atoms with E-state index in [2.05, 4.69) is 24.3 Å². The molecule has 2 unspecified atom stereocenters. The maximum absolute atomic E-state index is 5.71. The zero-order valence-corrected chi connectivity index (χ0v) is 10.1. The first-order chi connectivity index (χ1) is 7.74. The van der Waals surface area contributed by atoms with Crippen molar-refractivity contribution in [3.05, 3.63) is 18.5 Å². The van der Waals surface area contributed by atoms with Crippen molar-refractivity contribution in [2.24, 2.45) is 0 Å². The van der Waals surface area contributed by atoms with E-state index in [9.17, 15) is 0 Å². The smallest absolute Gasteiger partial charge is 0.0565 e. The quantitative estimate of drug-likeness (QED) is 0.839. The van der Waals surface area contributed by atoms with Crippen molar-refractivity contribution in [2.45, 2.75) is 51.5 Å². The van der Waals surface area contributed by atoms with E-state index in [1.807, 2.05) is 23.1 Å². The van der Waals surface area contributed by atoms with Gasteiger partial charge in [0.15, 0.2) is 0 Å². The van der Waals surface area contributed by atoms with Crippen molar-refractivity contribution in [1.29, 1.82) is 0 Å². The highest BCUT2D eigenvalue weighted by Crippen LogP contribution is 2.18. The average molecular weight is 223 g/mol. The van der Waals surface area contributed by atoms with Crippen LogP contribution in [0.15, 0.2) is 18.5 Å². The van der Waals surface area contributed by atoms with Gasteiger partial charge in [-0.05, 0) is 32.8 Å². The molecule has 0 amide bonds. The molecule has 0 aliphatic carbocycles. The lowest BCUT2D eigenvalue weighted by Gasteiger charge is -2.32. The third-order valence-electron chi connectivity index (χ3n) is 3.03. The summed E-state index contributed by atoms with van der Waals surface area (Å²) in [6.07, 6.45) is 6.81. The Morgan fingerprint density at radius 3 is 2.75 bits per heavy atom. The van der Waals surface area contributed by atoms with Crippen LogP contribution >= 0.6 is 0 Å². The largest absolute Gasteiger partial charge is 0.375 e. The first-order valence-electron chi connectivity index (χ1n) is 6.10. The molecule has 4 heteroatoms. The summed E-state index contributed by atoms with van der Waals surface area (Å²) in [4.78, 5) is 0. The van der Waals surface area contributed by atoms with Crippen LogP contribution in [0, 0.1) is 0 Å². The Kier molecular flexibility index (Phi) is 3.96. The molecule has 1 fully saturated rings. The minimum Gasteiger partial charge on any atom is -0.375 e. The zero-order chi connectivity index (χ0) is 11.4. The molecule has 0 radical (unpaired) electrons. The van der Waals surface area contributed by atoms with Crippen LogP contribution < -0.4 is 5.32 Å². The number of nitrogens with one attached hydrogen (secondary N) is 1. The molecule has 1 aromatic heterocycles. The third-order valence-corrected chi connectivity index (χ3v) is 3.03. The molecule has 4 nitrogen and oxygen atoms in total. The van der Waals surface area contributed by atoms with E-state index in [1.165, 1.54) is 0 Å². The molecule has 90 valence electrons. The normalized spacial score (nSPS) is 30.5. The fraction of sp³-hybridized carbons (Fsp3) is 0.750. The lowest BCUT2D eigenvalue weighted by molar-refractivity contribution is -0.0420. The summed E-state index contributed by atoms with van der Waals surface area (Å²) in [7, 11) is 0. The number of hydrogen-bond donors (Lipinski definition) is 1. The topological polar surface area (TPSA) is 39.1 Å². The van der Waals surface area contributed by atoms with Crippen LogP contribution in [0.2, 0.25) is 0 Å². The van der Waals surface area contributed by atoms with Gasteiger partial charge in [-0.1, -0.05) is 0 Å². The van der Waals surface area contributed by atoms with Crippen molar-refractivity contribution in [1.82, 2.24) is 15.1 Å². The summed E-state index contributed by atoms with van der Waals surface area (Å²) in [6.45, 7) is 6.22. The maximum Gasteiger partial charge on any atom is 0.0565 e. The minimum absolute atomic E-state index is 0.381. The SMILES string of the molecule is CC1CC(NCCn2cccn2)CC(C)O1. The van der Waals surface area contributed by atoms with Crippen LogP contribution in [-0.2, 0) is 11.3 Å². The van der Waals surface area contributed by atoms with E-state index in [0.717, 1.165) is 25.9 Å². The molecule has 0 saturated carbocycles. The van der Waals surface area contributed by atoms with Crippen molar-refractivity contribution in [3.8, 4) is 0 Å². The Labute approximate surface area is 97.0 Å².